The zero-order chi connectivity index (χ0) is 13.9. The van der Waals surface area contributed by atoms with Gasteiger partial charge in [0, 0.05) is 18.7 Å². The second-order valence-electron chi connectivity index (χ2n) is 5.58. The predicted octanol–water partition coefficient (Wildman–Crippen LogP) is 2.30. The van der Waals surface area contributed by atoms with Gasteiger partial charge in [0.05, 0.1) is 5.92 Å². The Kier molecular flexibility index (Phi) is 5.33. The molecule has 1 N–H and O–H groups in total. The predicted molar refractivity (Wildman–Crippen MR) is 84.6 cm³/mol. The van der Waals surface area contributed by atoms with Crippen molar-refractivity contribution in [1.82, 2.24) is 20.4 Å². The molecule has 2 heterocycles. The lowest BCUT2D eigenvalue weighted by atomic mass is 10.1. The molecule has 3 rings (SSSR count). The van der Waals surface area contributed by atoms with E-state index >= 15 is 0 Å². The quantitative estimate of drug-likeness (QED) is 0.939. The minimum atomic E-state index is 0. The normalized spacial score (nSPS) is 18.0. The molecule has 21 heavy (non-hydrogen) atoms. The Morgan fingerprint density at radius 1 is 1.29 bits per heavy atom. The van der Waals surface area contributed by atoms with Gasteiger partial charge in [-0.3, -0.25) is 0 Å². The first-order chi connectivity index (χ1) is 9.72. The molecule has 0 bridgehead atoms. The van der Waals surface area contributed by atoms with Crippen LogP contribution in [0.1, 0.15) is 23.8 Å². The van der Waals surface area contributed by atoms with Crippen LogP contribution in [0.25, 0.3) is 11.4 Å². The van der Waals surface area contributed by atoms with Gasteiger partial charge in [-0.05, 0) is 32.6 Å². The molecule has 2 aromatic rings. The molecule has 0 unspecified atom stereocenters. The third kappa shape index (κ3) is 3.81. The lowest BCUT2D eigenvalue weighted by Crippen LogP contribution is -2.10. The molecular weight excluding hydrogens is 288 g/mol. The third-order valence-electron chi connectivity index (χ3n) is 3.56. The Morgan fingerprint density at radius 3 is 2.67 bits per heavy atom. The molecule has 5 nitrogen and oxygen atoms in total. The van der Waals surface area contributed by atoms with Crippen LogP contribution < -0.4 is 5.32 Å². The fraction of sp³-hybridized carbons (Fsp3) is 0.467. The summed E-state index contributed by atoms with van der Waals surface area (Å²) in [4.78, 5) is 6.67. The fourth-order valence-corrected chi connectivity index (χ4v) is 2.51. The van der Waals surface area contributed by atoms with Gasteiger partial charge in [-0.15, -0.1) is 12.4 Å². The maximum Gasteiger partial charge on any atom is 0.231 e. The Bertz CT molecular complexity index is 561. The van der Waals surface area contributed by atoms with E-state index in [1.807, 2.05) is 0 Å². The van der Waals surface area contributed by atoms with E-state index in [4.69, 9.17) is 4.52 Å². The van der Waals surface area contributed by atoms with Crippen molar-refractivity contribution < 1.29 is 4.52 Å². The van der Waals surface area contributed by atoms with Gasteiger partial charge in [0.25, 0.3) is 0 Å². The van der Waals surface area contributed by atoms with Gasteiger partial charge in [0.1, 0.15) is 0 Å². The van der Waals surface area contributed by atoms with Crippen molar-refractivity contribution in [2.24, 2.45) is 0 Å². The number of nitrogens with zero attached hydrogens (tertiary/aromatic N) is 3. The van der Waals surface area contributed by atoms with E-state index in [0.29, 0.717) is 11.7 Å². The first-order valence-corrected chi connectivity index (χ1v) is 7.01. The monoisotopic (exact) mass is 308 g/mol. The second-order valence-corrected chi connectivity index (χ2v) is 5.58. The summed E-state index contributed by atoms with van der Waals surface area (Å²) in [6.07, 6.45) is 1.07. The SMILES string of the molecule is CN(C)Cc1ccc(-c2noc([C@@H]3CCNC3)n2)cc1.Cl. The Hall–Kier alpha value is -1.43. The first-order valence-electron chi connectivity index (χ1n) is 7.01. The molecule has 0 radical (unpaired) electrons. The fourth-order valence-electron chi connectivity index (χ4n) is 2.51. The molecule has 0 aliphatic carbocycles. The van der Waals surface area contributed by atoms with Crippen LogP contribution >= 0.6 is 12.4 Å². The molecule has 0 spiro atoms. The minimum absolute atomic E-state index is 0. The first kappa shape index (κ1) is 15.9. The number of halogens is 1. The average molecular weight is 309 g/mol. The zero-order valence-corrected chi connectivity index (χ0v) is 13.2. The van der Waals surface area contributed by atoms with Gasteiger partial charge in [0.15, 0.2) is 0 Å². The van der Waals surface area contributed by atoms with E-state index in [-0.39, 0.29) is 12.4 Å². The average Bonchev–Trinajstić information content (AvgIpc) is 3.10. The van der Waals surface area contributed by atoms with Crippen LogP contribution in [0, 0.1) is 0 Å². The zero-order valence-electron chi connectivity index (χ0n) is 12.4. The number of nitrogens with one attached hydrogen (secondary N) is 1. The summed E-state index contributed by atoms with van der Waals surface area (Å²) >= 11 is 0. The highest BCUT2D eigenvalue weighted by Crippen LogP contribution is 2.24. The Morgan fingerprint density at radius 2 is 2.05 bits per heavy atom. The molecular formula is C15H21ClN4O. The van der Waals surface area contributed by atoms with E-state index in [1.165, 1.54) is 5.56 Å². The standard InChI is InChI=1S/C15H20N4O.ClH/c1-19(2)10-11-3-5-12(6-4-11)14-17-15(20-18-14)13-7-8-16-9-13;/h3-6,13,16H,7-10H2,1-2H3;1H/t13-;/m1./s1. The summed E-state index contributed by atoms with van der Waals surface area (Å²) in [7, 11) is 4.13. The molecule has 6 heteroatoms. The van der Waals surface area contributed by atoms with Gasteiger partial charge in [-0.1, -0.05) is 29.4 Å². The van der Waals surface area contributed by atoms with E-state index in [1.54, 1.807) is 0 Å². The maximum atomic E-state index is 5.39. The number of rotatable bonds is 4. The summed E-state index contributed by atoms with van der Waals surface area (Å²) in [5.41, 5.74) is 2.29. The van der Waals surface area contributed by atoms with Crippen LogP contribution in [0.5, 0.6) is 0 Å². The van der Waals surface area contributed by atoms with Gasteiger partial charge in [-0.25, -0.2) is 0 Å². The topological polar surface area (TPSA) is 54.2 Å². The molecule has 1 aromatic heterocycles. The van der Waals surface area contributed by atoms with Crippen molar-refractivity contribution in [2.45, 2.75) is 18.9 Å². The van der Waals surface area contributed by atoms with Crippen molar-refractivity contribution in [3.63, 3.8) is 0 Å². The molecule has 1 saturated heterocycles. The molecule has 0 amide bonds. The van der Waals surface area contributed by atoms with Crippen LogP contribution in [0.15, 0.2) is 28.8 Å². The van der Waals surface area contributed by atoms with E-state index in [0.717, 1.165) is 37.5 Å². The van der Waals surface area contributed by atoms with Crippen LogP contribution in [0.3, 0.4) is 0 Å². The van der Waals surface area contributed by atoms with Crippen LogP contribution in [0.2, 0.25) is 0 Å². The number of hydrogen-bond donors (Lipinski definition) is 1. The van der Waals surface area contributed by atoms with E-state index in [9.17, 15) is 0 Å². The maximum absolute atomic E-state index is 5.39. The van der Waals surface area contributed by atoms with Gasteiger partial charge >= 0.3 is 0 Å². The van der Waals surface area contributed by atoms with Crippen molar-refractivity contribution in [2.75, 3.05) is 27.2 Å². The van der Waals surface area contributed by atoms with Crippen LogP contribution in [-0.2, 0) is 6.54 Å². The summed E-state index contributed by atoms with van der Waals surface area (Å²) in [6.45, 7) is 2.90. The Balaban J connectivity index is 0.00000161. The highest BCUT2D eigenvalue weighted by Gasteiger charge is 2.22. The van der Waals surface area contributed by atoms with Crippen LogP contribution in [0.4, 0.5) is 0 Å². The highest BCUT2D eigenvalue weighted by atomic mass is 35.5. The minimum Gasteiger partial charge on any atom is -0.339 e. The lowest BCUT2D eigenvalue weighted by molar-refractivity contribution is 0.359. The van der Waals surface area contributed by atoms with Crippen LogP contribution in [-0.4, -0.2) is 42.2 Å². The highest BCUT2D eigenvalue weighted by molar-refractivity contribution is 5.85. The van der Waals surface area contributed by atoms with Gasteiger partial charge in [-0.2, -0.15) is 4.98 Å². The molecule has 1 fully saturated rings. The van der Waals surface area contributed by atoms with Crippen molar-refractivity contribution in [1.29, 1.82) is 0 Å². The summed E-state index contributed by atoms with van der Waals surface area (Å²) < 4.78 is 5.39. The van der Waals surface area contributed by atoms with Gasteiger partial charge in [0.2, 0.25) is 11.7 Å². The smallest absolute Gasteiger partial charge is 0.231 e. The summed E-state index contributed by atoms with van der Waals surface area (Å²) in [5.74, 6) is 1.80. The largest absolute Gasteiger partial charge is 0.339 e. The van der Waals surface area contributed by atoms with Crippen molar-refractivity contribution >= 4 is 12.4 Å². The molecule has 1 aliphatic rings. The summed E-state index contributed by atoms with van der Waals surface area (Å²) in [5, 5.41) is 7.41. The van der Waals surface area contributed by atoms with Crippen molar-refractivity contribution in [3.8, 4) is 11.4 Å². The van der Waals surface area contributed by atoms with E-state index < -0.39 is 0 Å². The lowest BCUT2D eigenvalue weighted by Gasteiger charge is -2.09. The number of hydrogen-bond acceptors (Lipinski definition) is 5. The third-order valence-corrected chi connectivity index (χ3v) is 3.56. The molecule has 1 atom stereocenters. The molecule has 114 valence electrons. The molecule has 1 aliphatic heterocycles. The number of benzene rings is 1. The Labute approximate surface area is 131 Å². The van der Waals surface area contributed by atoms with Gasteiger partial charge < -0.3 is 14.7 Å². The van der Waals surface area contributed by atoms with Crippen molar-refractivity contribution in [3.05, 3.63) is 35.7 Å². The summed E-state index contributed by atoms with van der Waals surface area (Å²) in [6, 6.07) is 8.34. The van der Waals surface area contributed by atoms with E-state index in [2.05, 4.69) is 58.7 Å². The molecule has 0 saturated carbocycles. The molecule has 1 aromatic carbocycles. The second kappa shape index (κ2) is 7.02. The number of aromatic nitrogens is 2.